The molecule has 0 aromatic heterocycles. The average Bonchev–Trinajstić information content (AvgIpc) is 3.29. The summed E-state index contributed by atoms with van der Waals surface area (Å²) in [6, 6.07) is 7.06. The number of piperidine rings is 1. The zero-order valence-corrected chi connectivity index (χ0v) is 11.6. The Bertz CT molecular complexity index is 487. The molecule has 3 rings (SSSR count). The molecule has 2 fully saturated rings. The Morgan fingerprint density at radius 2 is 2.15 bits per heavy atom. The van der Waals surface area contributed by atoms with Gasteiger partial charge in [-0.05, 0) is 50.4 Å². The second-order valence-electron chi connectivity index (χ2n) is 5.84. The van der Waals surface area contributed by atoms with Crippen molar-refractivity contribution in [1.29, 1.82) is 0 Å². The van der Waals surface area contributed by atoms with Crippen molar-refractivity contribution in [3.05, 3.63) is 35.6 Å². The minimum atomic E-state index is -0.366. The number of nitrogens with one attached hydrogen (secondary N) is 1. The number of likely N-dealkylation sites (tertiary alicyclic amines) is 1. The van der Waals surface area contributed by atoms with E-state index in [1.807, 2.05) is 0 Å². The fourth-order valence-electron chi connectivity index (χ4n) is 3.07. The van der Waals surface area contributed by atoms with E-state index < -0.39 is 0 Å². The van der Waals surface area contributed by atoms with Crippen LogP contribution in [0.1, 0.15) is 42.5 Å². The van der Waals surface area contributed by atoms with Crippen molar-refractivity contribution in [2.45, 2.75) is 44.2 Å². The van der Waals surface area contributed by atoms with Crippen LogP contribution in [0, 0.1) is 5.82 Å². The third kappa shape index (κ3) is 3.18. The maximum Gasteiger partial charge on any atom is 0.251 e. The van der Waals surface area contributed by atoms with Gasteiger partial charge in [0, 0.05) is 24.2 Å². The largest absolute Gasteiger partial charge is 0.350 e. The van der Waals surface area contributed by atoms with Gasteiger partial charge >= 0.3 is 0 Å². The summed E-state index contributed by atoms with van der Waals surface area (Å²) in [5.41, 5.74) is 0.402. The summed E-state index contributed by atoms with van der Waals surface area (Å²) in [6.07, 6.45) is 6.26. The predicted molar refractivity (Wildman–Crippen MR) is 76.1 cm³/mol. The van der Waals surface area contributed by atoms with Crippen LogP contribution in [-0.4, -0.2) is 36.0 Å². The molecule has 1 amide bonds. The maximum atomic E-state index is 13.1. The Labute approximate surface area is 119 Å². The Hall–Kier alpha value is -1.42. The molecular weight excluding hydrogens is 255 g/mol. The standard InChI is InChI=1S/C16H21FN2O/c17-13-5-3-4-12(10-13)16(20)18-11-15-6-1-2-9-19(15)14-7-8-14/h3-5,10,14-15H,1-2,6-9,11H2,(H,18,20)/t15-/m1/s1. The third-order valence-electron chi connectivity index (χ3n) is 4.27. The summed E-state index contributed by atoms with van der Waals surface area (Å²) in [7, 11) is 0. The van der Waals surface area contributed by atoms with Crippen LogP contribution in [0.15, 0.2) is 24.3 Å². The van der Waals surface area contributed by atoms with Crippen LogP contribution in [0.2, 0.25) is 0 Å². The summed E-state index contributed by atoms with van der Waals surface area (Å²) >= 11 is 0. The SMILES string of the molecule is O=C(NC[C@H]1CCCCN1C1CC1)c1cccc(F)c1. The van der Waals surface area contributed by atoms with Crippen LogP contribution in [0.4, 0.5) is 4.39 Å². The topological polar surface area (TPSA) is 32.3 Å². The molecule has 2 aliphatic rings. The van der Waals surface area contributed by atoms with Gasteiger partial charge in [-0.3, -0.25) is 9.69 Å². The lowest BCUT2D eigenvalue weighted by molar-refractivity contribution is 0.0906. The molecule has 1 N–H and O–H groups in total. The Morgan fingerprint density at radius 1 is 1.30 bits per heavy atom. The summed E-state index contributed by atoms with van der Waals surface area (Å²) in [5, 5.41) is 2.96. The second-order valence-corrected chi connectivity index (χ2v) is 5.84. The number of halogens is 1. The van der Waals surface area contributed by atoms with E-state index in [4.69, 9.17) is 0 Å². The molecular formula is C16H21FN2O. The highest BCUT2D eigenvalue weighted by atomic mass is 19.1. The lowest BCUT2D eigenvalue weighted by Gasteiger charge is -2.36. The number of nitrogens with zero attached hydrogens (tertiary/aromatic N) is 1. The number of amides is 1. The average molecular weight is 276 g/mol. The second kappa shape index (κ2) is 5.92. The summed E-state index contributed by atoms with van der Waals surface area (Å²) in [5.74, 6) is -0.541. The van der Waals surface area contributed by atoms with Crippen LogP contribution < -0.4 is 5.32 Å². The molecule has 108 valence electrons. The molecule has 0 unspecified atom stereocenters. The number of hydrogen-bond acceptors (Lipinski definition) is 2. The van der Waals surface area contributed by atoms with Gasteiger partial charge in [0.1, 0.15) is 5.82 Å². The van der Waals surface area contributed by atoms with Crippen LogP contribution in [0.3, 0.4) is 0 Å². The lowest BCUT2D eigenvalue weighted by Crippen LogP contribution is -2.47. The highest BCUT2D eigenvalue weighted by Crippen LogP contribution is 2.32. The van der Waals surface area contributed by atoms with E-state index in [0.29, 0.717) is 18.2 Å². The normalized spacial score (nSPS) is 23.6. The number of carbonyl (C=O) groups is 1. The number of hydrogen-bond donors (Lipinski definition) is 1. The molecule has 0 bridgehead atoms. The number of carbonyl (C=O) groups excluding carboxylic acids is 1. The van der Waals surface area contributed by atoms with Crippen LogP contribution in [0.25, 0.3) is 0 Å². The van der Waals surface area contributed by atoms with Crippen molar-refractivity contribution in [1.82, 2.24) is 10.2 Å². The van der Waals surface area contributed by atoms with Gasteiger partial charge in [0.25, 0.3) is 5.91 Å². The van der Waals surface area contributed by atoms with Crippen molar-refractivity contribution < 1.29 is 9.18 Å². The first-order valence-corrected chi connectivity index (χ1v) is 7.53. The molecule has 3 nitrogen and oxygen atoms in total. The van der Waals surface area contributed by atoms with Crippen LogP contribution in [0.5, 0.6) is 0 Å². The summed E-state index contributed by atoms with van der Waals surface area (Å²) in [4.78, 5) is 14.6. The smallest absolute Gasteiger partial charge is 0.251 e. The molecule has 4 heteroatoms. The Morgan fingerprint density at radius 3 is 2.90 bits per heavy atom. The van der Waals surface area contributed by atoms with E-state index in [0.717, 1.165) is 19.0 Å². The summed E-state index contributed by atoms with van der Waals surface area (Å²) in [6.45, 7) is 1.83. The number of benzene rings is 1. The molecule has 1 aromatic rings. The molecule has 0 radical (unpaired) electrons. The van der Waals surface area contributed by atoms with Crippen molar-refractivity contribution in [2.75, 3.05) is 13.1 Å². The first kappa shape index (κ1) is 13.6. The van der Waals surface area contributed by atoms with Gasteiger partial charge < -0.3 is 5.32 Å². The van der Waals surface area contributed by atoms with Gasteiger partial charge in [-0.2, -0.15) is 0 Å². The molecule has 1 aromatic carbocycles. The molecule has 0 spiro atoms. The zero-order valence-electron chi connectivity index (χ0n) is 11.6. The first-order chi connectivity index (χ1) is 9.74. The van der Waals surface area contributed by atoms with Crippen molar-refractivity contribution in [2.24, 2.45) is 0 Å². The predicted octanol–water partition coefficient (Wildman–Crippen LogP) is 2.57. The van der Waals surface area contributed by atoms with E-state index in [-0.39, 0.29) is 11.7 Å². The number of rotatable bonds is 4. The van der Waals surface area contributed by atoms with E-state index in [1.165, 1.54) is 37.8 Å². The maximum absolute atomic E-state index is 13.1. The van der Waals surface area contributed by atoms with Gasteiger partial charge in [-0.25, -0.2) is 4.39 Å². The lowest BCUT2D eigenvalue weighted by atomic mass is 10.0. The van der Waals surface area contributed by atoms with Crippen molar-refractivity contribution >= 4 is 5.91 Å². The minimum Gasteiger partial charge on any atom is -0.350 e. The highest BCUT2D eigenvalue weighted by Gasteiger charge is 2.35. The van der Waals surface area contributed by atoms with Gasteiger partial charge in [0.05, 0.1) is 0 Å². The van der Waals surface area contributed by atoms with Gasteiger partial charge in [-0.1, -0.05) is 12.5 Å². The van der Waals surface area contributed by atoms with E-state index >= 15 is 0 Å². The van der Waals surface area contributed by atoms with Crippen LogP contribution >= 0.6 is 0 Å². The Balaban J connectivity index is 1.56. The third-order valence-corrected chi connectivity index (χ3v) is 4.27. The Kier molecular flexibility index (Phi) is 4.01. The van der Waals surface area contributed by atoms with Crippen molar-refractivity contribution in [3.63, 3.8) is 0 Å². The molecule has 1 aliphatic heterocycles. The zero-order chi connectivity index (χ0) is 13.9. The van der Waals surface area contributed by atoms with Gasteiger partial charge in [0.2, 0.25) is 0 Å². The van der Waals surface area contributed by atoms with E-state index in [1.54, 1.807) is 12.1 Å². The molecule has 1 saturated carbocycles. The molecule has 1 aliphatic carbocycles. The first-order valence-electron chi connectivity index (χ1n) is 7.53. The monoisotopic (exact) mass is 276 g/mol. The molecule has 20 heavy (non-hydrogen) atoms. The molecule has 1 atom stereocenters. The van der Waals surface area contributed by atoms with Crippen molar-refractivity contribution in [3.8, 4) is 0 Å². The fourth-order valence-corrected chi connectivity index (χ4v) is 3.07. The van der Waals surface area contributed by atoms with Gasteiger partial charge in [0.15, 0.2) is 0 Å². The minimum absolute atomic E-state index is 0.175. The van der Waals surface area contributed by atoms with E-state index in [9.17, 15) is 9.18 Å². The molecule has 1 heterocycles. The fraction of sp³-hybridized carbons (Fsp3) is 0.562. The molecule has 1 saturated heterocycles. The van der Waals surface area contributed by atoms with Gasteiger partial charge in [-0.15, -0.1) is 0 Å². The quantitative estimate of drug-likeness (QED) is 0.916. The highest BCUT2D eigenvalue weighted by molar-refractivity contribution is 5.94. The summed E-state index contributed by atoms with van der Waals surface area (Å²) < 4.78 is 13.1. The van der Waals surface area contributed by atoms with Crippen LogP contribution in [-0.2, 0) is 0 Å². The van der Waals surface area contributed by atoms with E-state index in [2.05, 4.69) is 10.2 Å².